The lowest BCUT2D eigenvalue weighted by atomic mass is 9.96. The number of amides is 2. The van der Waals surface area contributed by atoms with Crippen LogP contribution in [-0.4, -0.2) is 29.9 Å². The van der Waals surface area contributed by atoms with Crippen LogP contribution in [0.5, 0.6) is 0 Å². The van der Waals surface area contributed by atoms with Crippen LogP contribution in [0.2, 0.25) is 0 Å². The Labute approximate surface area is 167 Å². The summed E-state index contributed by atoms with van der Waals surface area (Å²) in [5.41, 5.74) is 1.72. The lowest BCUT2D eigenvalue weighted by Crippen LogP contribution is -2.59. The minimum Gasteiger partial charge on any atom is -0.452 e. The summed E-state index contributed by atoms with van der Waals surface area (Å²) in [4.78, 5) is 40.7. The summed E-state index contributed by atoms with van der Waals surface area (Å²) in [5, 5.41) is 4.65. The third kappa shape index (κ3) is 3.09. The maximum Gasteiger partial charge on any atom is 0.339 e. The van der Waals surface area contributed by atoms with E-state index < -0.39 is 24.0 Å². The number of carbonyl (C=O) groups is 3. The van der Waals surface area contributed by atoms with E-state index in [0.717, 1.165) is 31.2 Å². The highest BCUT2D eigenvalue weighted by Crippen LogP contribution is 2.37. The first-order valence-corrected chi connectivity index (χ1v) is 10.3. The van der Waals surface area contributed by atoms with Gasteiger partial charge in [0.05, 0.1) is 16.9 Å². The first kappa shape index (κ1) is 18.7. The average molecular weight is 398 g/mol. The van der Waals surface area contributed by atoms with E-state index in [1.165, 1.54) is 9.78 Å². The van der Waals surface area contributed by atoms with Crippen molar-refractivity contribution in [1.82, 2.24) is 0 Å². The Bertz CT molecular complexity index is 963. The van der Waals surface area contributed by atoms with Crippen LogP contribution in [-0.2, 0) is 27.2 Å². The standard InChI is InChI=1S/C21H22N2O4S/c1-21(2)20(26)22-15-8-4-5-9-16(15)23(21)18(24)11-27-19(25)14-12-28-17-10-6-3-7-13(14)17/h4-5,8-9,12H,3,6-7,10-11H2,1-2H3,(H,22,26). The Balaban J connectivity index is 1.52. The van der Waals surface area contributed by atoms with Gasteiger partial charge >= 0.3 is 5.97 Å². The number of anilines is 2. The van der Waals surface area contributed by atoms with Gasteiger partial charge in [-0.2, -0.15) is 0 Å². The molecule has 0 bridgehead atoms. The second-order valence-corrected chi connectivity index (χ2v) is 8.56. The van der Waals surface area contributed by atoms with Crippen LogP contribution >= 0.6 is 11.3 Å². The third-order valence-electron chi connectivity index (χ3n) is 5.37. The molecule has 146 valence electrons. The predicted octanol–water partition coefficient (Wildman–Crippen LogP) is 3.55. The lowest BCUT2D eigenvalue weighted by Gasteiger charge is -2.41. The van der Waals surface area contributed by atoms with Gasteiger partial charge in [0.2, 0.25) is 5.91 Å². The van der Waals surface area contributed by atoms with Crippen molar-refractivity contribution in [3.05, 3.63) is 45.6 Å². The second kappa shape index (κ2) is 7.05. The average Bonchev–Trinajstić information content (AvgIpc) is 3.11. The van der Waals surface area contributed by atoms with Crippen LogP contribution in [0.25, 0.3) is 0 Å². The minimum absolute atomic E-state index is 0.280. The Hall–Kier alpha value is -2.67. The summed E-state index contributed by atoms with van der Waals surface area (Å²) < 4.78 is 5.36. The van der Waals surface area contributed by atoms with Crippen molar-refractivity contribution < 1.29 is 19.1 Å². The summed E-state index contributed by atoms with van der Waals surface area (Å²) in [5.74, 6) is -1.18. The number of benzene rings is 1. The quantitative estimate of drug-likeness (QED) is 0.803. The zero-order valence-corrected chi connectivity index (χ0v) is 16.7. The topological polar surface area (TPSA) is 75.7 Å². The van der Waals surface area contributed by atoms with Crippen LogP contribution < -0.4 is 10.2 Å². The maximum atomic E-state index is 13.0. The molecule has 1 aliphatic heterocycles. The second-order valence-electron chi connectivity index (χ2n) is 7.59. The van der Waals surface area contributed by atoms with E-state index in [1.807, 2.05) is 5.38 Å². The van der Waals surface area contributed by atoms with Crippen LogP contribution in [0.3, 0.4) is 0 Å². The molecule has 2 aliphatic rings. The fourth-order valence-corrected chi connectivity index (χ4v) is 4.95. The van der Waals surface area contributed by atoms with Crippen molar-refractivity contribution in [2.24, 2.45) is 0 Å². The molecule has 1 aromatic heterocycles. The fourth-order valence-electron chi connectivity index (χ4n) is 3.83. The molecule has 0 unspecified atom stereocenters. The molecular weight excluding hydrogens is 376 g/mol. The summed E-state index contributed by atoms with van der Waals surface area (Å²) in [7, 11) is 0. The molecule has 4 rings (SSSR count). The number of hydrogen-bond acceptors (Lipinski definition) is 5. The highest BCUT2D eigenvalue weighted by molar-refractivity contribution is 7.10. The molecule has 0 saturated carbocycles. The first-order chi connectivity index (χ1) is 13.4. The van der Waals surface area contributed by atoms with Crippen LogP contribution in [0.4, 0.5) is 11.4 Å². The van der Waals surface area contributed by atoms with Crippen molar-refractivity contribution in [3.63, 3.8) is 0 Å². The number of para-hydroxylation sites is 2. The summed E-state index contributed by atoms with van der Waals surface area (Å²) in [6.07, 6.45) is 4.09. The Morgan fingerprint density at radius 1 is 1.21 bits per heavy atom. The Morgan fingerprint density at radius 2 is 1.96 bits per heavy atom. The van der Waals surface area contributed by atoms with Gasteiger partial charge in [0.15, 0.2) is 6.61 Å². The molecule has 6 nitrogen and oxygen atoms in total. The van der Waals surface area contributed by atoms with Gasteiger partial charge in [-0.3, -0.25) is 14.5 Å². The van der Waals surface area contributed by atoms with Crippen LogP contribution in [0.15, 0.2) is 29.6 Å². The third-order valence-corrected chi connectivity index (χ3v) is 6.45. The number of hydrogen-bond donors (Lipinski definition) is 1. The van der Waals surface area contributed by atoms with Crippen molar-refractivity contribution >= 4 is 40.5 Å². The first-order valence-electron chi connectivity index (χ1n) is 9.39. The Morgan fingerprint density at radius 3 is 2.79 bits per heavy atom. The number of rotatable bonds is 3. The normalized spacial score (nSPS) is 17.4. The van der Waals surface area contributed by atoms with Crippen molar-refractivity contribution in [3.8, 4) is 0 Å². The fraction of sp³-hybridized carbons (Fsp3) is 0.381. The number of nitrogens with zero attached hydrogens (tertiary/aromatic N) is 1. The SMILES string of the molecule is CC1(C)C(=O)Nc2ccccc2N1C(=O)COC(=O)c1csc2c1CCCC2. The highest BCUT2D eigenvalue weighted by atomic mass is 32.1. The molecule has 2 amide bonds. The molecule has 7 heteroatoms. The monoisotopic (exact) mass is 398 g/mol. The zero-order chi connectivity index (χ0) is 19.9. The van der Waals surface area contributed by atoms with Gasteiger partial charge in [0.1, 0.15) is 5.54 Å². The summed E-state index contributed by atoms with van der Waals surface area (Å²) in [6, 6.07) is 7.11. The molecule has 0 fully saturated rings. The zero-order valence-electron chi connectivity index (χ0n) is 15.9. The van der Waals surface area contributed by atoms with E-state index in [0.29, 0.717) is 16.9 Å². The largest absolute Gasteiger partial charge is 0.452 e. The van der Waals surface area contributed by atoms with E-state index >= 15 is 0 Å². The summed E-state index contributed by atoms with van der Waals surface area (Å²) in [6.45, 7) is 2.94. The molecule has 1 aromatic carbocycles. The Kier molecular flexibility index (Phi) is 4.71. The number of aryl methyl sites for hydroxylation is 1. The van der Waals surface area contributed by atoms with Crippen LogP contribution in [0.1, 0.15) is 47.5 Å². The molecule has 28 heavy (non-hydrogen) atoms. The predicted molar refractivity (Wildman–Crippen MR) is 108 cm³/mol. The van der Waals surface area contributed by atoms with Gasteiger partial charge in [-0.05, 0) is 57.2 Å². The van der Waals surface area contributed by atoms with Gasteiger partial charge in [-0.15, -0.1) is 11.3 Å². The molecule has 1 aliphatic carbocycles. The van der Waals surface area contributed by atoms with Crippen LogP contribution in [0, 0.1) is 0 Å². The number of thiophene rings is 1. The number of ether oxygens (including phenoxy) is 1. The van der Waals surface area contributed by atoms with Gasteiger partial charge in [0, 0.05) is 10.3 Å². The molecule has 2 heterocycles. The molecular formula is C21H22N2O4S. The molecule has 0 atom stereocenters. The van der Waals surface area contributed by atoms with E-state index in [1.54, 1.807) is 49.4 Å². The van der Waals surface area contributed by atoms with E-state index in [-0.39, 0.29) is 5.91 Å². The lowest BCUT2D eigenvalue weighted by molar-refractivity contribution is -0.128. The van der Waals surface area contributed by atoms with Gasteiger partial charge in [-0.1, -0.05) is 12.1 Å². The molecule has 0 radical (unpaired) electrons. The van der Waals surface area contributed by atoms with E-state index in [4.69, 9.17) is 4.74 Å². The number of esters is 1. The van der Waals surface area contributed by atoms with Gasteiger partial charge in [0.25, 0.3) is 5.91 Å². The smallest absolute Gasteiger partial charge is 0.339 e. The van der Waals surface area contributed by atoms with E-state index in [9.17, 15) is 14.4 Å². The number of nitrogens with one attached hydrogen (secondary N) is 1. The van der Waals surface area contributed by atoms with Gasteiger partial charge < -0.3 is 10.1 Å². The summed E-state index contributed by atoms with van der Waals surface area (Å²) >= 11 is 1.58. The van der Waals surface area contributed by atoms with Crippen molar-refractivity contribution in [1.29, 1.82) is 0 Å². The number of carbonyl (C=O) groups excluding carboxylic acids is 3. The minimum atomic E-state index is -1.08. The van der Waals surface area contributed by atoms with E-state index in [2.05, 4.69) is 5.32 Å². The molecule has 1 N–H and O–H groups in total. The van der Waals surface area contributed by atoms with Gasteiger partial charge in [-0.25, -0.2) is 4.79 Å². The van der Waals surface area contributed by atoms with Crippen molar-refractivity contribution in [2.75, 3.05) is 16.8 Å². The number of fused-ring (bicyclic) bond motifs is 2. The van der Waals surface area contributed by atoms with Crippen molar-refractivity contribution in [2.45, 2.75) is 45.1 Å². The molecule has 0 saturated heterocycles. The molecule has 2 aromatic rings. The maximum absolute atomic E-state index is 13.0. The molecule has 0 spiro atoms. The highest BCUT2D eigenvalue weighted by Gasteiger charge is 2.43.